The van der Waals surface area contributed by atoms with Crippen LogP contribution in [0, 0.1) is 5.92 Å². The molecule has 0 spiro atoms. The number of rotatable bonds is 8. The Bertz CT molecular complexity index is 1400. The number of benzene rings is 2. The number of hydrogen-bond acceptors (Lipinski definition) is 7. The van der Waals surface area contributed by atoms with E-state index in [4.69, 9.17) is 4.74 Å². The van der Waals surface area contributed by atoms with Gasteiger partial charge in [-0.05, 0) is 48.7 Å². The number of nitrogens with one attached hydrogen (secondary N) is 2. The number of ether oxygens (including phenoxy) is 1. The SMILES string of the molecule is C[C@H](CO)N1C[C@H](C)[C@H](CN(C)C(=O)Nc2ccccc2)Oc2ccc(NS(=O)(=O)c3cccs3)cc2C1=O. The molecule has 0 unspecified atom stereocenters. The molecular weight excluding hydrogens is 540 g/mol. The summed E-state index contributed by atoms with van der Waals surface area (Å²) in [5.41, 5.74) is 1.03. The molecule has 0 bridgehead atoms. The monoisotopic (exact) mass is 572 g/mol. The number of hydrogen-bond donors (Lipinski definition) is 3. The molecule has 2 heterocycles. The average Bonchev–Trinajstić information content (AvgIpc) is 3.47. The van der Waals surface area contributed by atoms with Gasteiger partial charge in [0.05, 0.1) is 24.8 Å². The van der Waals surface area contributed by atoms with E-state index in [-0.39, 0.29) is 58.8 Å². The number of anilines is 2. The van der Waals surface area contributed by atoms with Crippen LogP contribution in [-0.4, -0.2) is 74.2 Å². The maximum Gasteiger partial charge on any atom is 0.321 e. The second-order valence-electron chi connectivity index (χ2n) is 9.55. The quantitative estimate of drug-likeness (QED) is 0.375. The zero-order valence-electron chi connectivity index (χ0n) is 21.9. The molecule has 3 aromatic rings. The largest absolute Gasteiger partial charge is 0.487 e. The number of nitrogens with zero attached hydrogens (tertiary/aromatic N) is 2. The van der Waals surface area contributed by atoms with E-state index in [1.54, 1.807) is 48.5 Å². The lowest BCUT2D eigenvalue weighted by atomic mass is 9.99. The van der Waals surface area contributed by atoms with Crippen LogP contribution in [-0.2, 0) is 10.0 Å². The molecule has 0 aliphatic carbocycles. The summed E-state index contributed by atoms with van der Waals surface area (Å²) in [7, 11) is -2.16. The number of aliphatic hydroxyl groups excluding tert-OH is 1. The van der Waals surface area contributed by atoms with E-state index in [9.17, 15) is 23.1 Å². The number of para-hydroxylation sites is 1. The maximum absolute atomic E-state index is 13.6. The highest BCUT2D eigenvalue weighted by Crippen LogP contribution is 2.32. The van der Waals surface area contributed by atoms with Crippen LogP contribution in [0.1, 0.15) is 24.2 Å². The standard InChI is InChI=1S/C27H32N4O6S2/c1-18-15-31(19(2)17-32)26(33)22-14-21(29-39(35,36)25-10-7-13-38-25)11-12-23(22)37-24(18)16-30(3)27(34)28-20-8-5-4-6-9-20/h4-14,18-19,24,29,32H,15-17H2,1-3H3,(H,28,34)/t18-,19+,24-/m0/s1. The van der Waals surface area contributed by atoms with Gasteiger partial charge in [-0.1, -0.05) is 31.2 Å². The average molecular weight is 573 g/mol. The number of fused-ring (bicyclic) bond motifs is 1. The number of carbonyl (C=O) groups excluding carboxylic acids is 2. The van der Waals surface area contributed by atoms with Gasteiger partial charge in [-0.25, -0.2) is 13.2 Å². The van der Waals surface area contributed by atoms with Crippen LogP contribution < -0.4 is 14.8 Å². The molecule has 10 nitrogen and oxygen atoms in total. The molecule has 1 aliphatic heterocycles. The number of carbonyl (C=O) groups is 2. The van der Waals surface area contributed by atoms with Crippen LogP contribution in [0.2, 0.25) is 0 Å². The third kappa shape index (κ3) is 6.70. The van der Waals surface area contributed by atoms with E-state index in [0.717, 1.165) is 11.3 Å². The fraction of sp³-hybridized carbons (Fsp3) is 0.333. The van der Waals surface area contributed by atoms with Gasteiger partial charge in [-0.3, -0.25) is 9.52 Å². The van der Waals surface area contributed by atoms with Crippen LogP contribution in [0.5, 0.6) is 5.75 Å². The minimum absolute atomic E-state index is 0.151. The fourth-order valence-corrected chi connectivity index (χ4v) is 6.26. The van der Waals surface area contributed by atoms with Crippen molar-refractivity contribution in [2.24, 2.45) is 5.92 Å². The first-order valence-corrected chi connectivity index (χ1v) is 14.8. The Labute approximate surface area is 232 Å². The number of likely N-dealkylation sites (N-methyl/N-ethyl adjacent to an activating group) is 1. The van der Waals surface area contributed by atoms with Gasteiger partial charge in [0.15, 0.2) is 0 Å². The van der Waals surface area contributed by atoms with Crippen LogP contribution in [0.15, 0.2) is 70.3 Å². The van der Waals surface area contributed by atoms with Crippen molar-refractivity contribution in [3.05, 3.63) is 71.6 Å². The molecule has 3 N–H and O–H groups in total. The van der Waals surface area contributed by atoms with Gasteiger partial charge >= 0.3 is 6.03 Å². The summed E-state index contributed by atoms with van der Waals surface area (Å²) in [4.78, 5) is 29.5. The number of aliphatic hydroxyl groups is 1. The molecule has 0 radical (unpaired) electrons. The van der Waals surface area contributed by atoms with Crippen LogP contribution in [0.4, 0.5) is 16.2 Å². The zero-order valence-corrected chi connectivity index (χ0v) is 23.5. The number of thiophene rings is 1. The molecule has 208 valence electrons. The Morgan fingerprint density at radius 3 is 2.59 bits per heavy atom. The van der Waals surface area contributed by atoms with Crippen molar-refractivity contribution in [1.82, 2.24) is 9.80 Å². The molecule has 12 heteroatoms. The normalized spacial score (nSPS) is 18.3. The molecule has 0 fully saturated rings. The predicted molar refractivity (Wildman–Crippen MR) is 151 cm³/mol. The van der Waals surface area contributed by atoms with E-state index < -0.39 is 22.2 Å². The lowest BCUT2D eigenvalue weighted by Crippen LogP contribution is -2.50. The second kappa shape index (κ2) is 12.1. The molecule has 1 aliphatic rings. The van der Waals surface area contributed by atoms with Crippen molar-refractivity contribution in [3.63, 3.8) is 0 Å². The summed E-state index contributed by atoms with van der Waals surface area (Å²) in [6.45, 7) is 3.91. The van der Waals surface area contributed by atoms with Gasteiger partial charge in [-0.2, -0.15) is 0 Å². The third-order valence-corrected chi connectivity index (χ3v) is 9.28. The zero-order chi connectivity index (χ0) is 28.2. The van der Waals surface area contributed by atoms with Crippen molar-refractivity contribution in [2.45, 2.75) is 30.2 Å². The van der Waals surface area contributed by atoms with Gasteiger partial charge in [0, 0.05) is 30.9 Å². The summed E-state index contributed by atoms with van der Waals surface area (Å²) in [6, 6.07) is 16.0. The number of sulfonamides is 1. The molecular formula is C27H32N4O6S2. The molecule has 0 saturated carbocycles. The summed E-state index contributed by atoms with van der Waals surface area (Å²) >= 11 is 1.09. The van der Waals surface area contributed by atoms with Gasteiger partial charge in [0.2, 0.25) is 0 Å². The molecule has 4 rings (SSSR count). The van der Waals surface area contributed by atoms with Crippen LogP contribution in [0.25, 0.3) is 0 Å². The number of amides is 3. The Kier molecular flexibility index (Phi) is 8.78. The van der Waals surface area contributed by atoms with Gasteiger partial charge < -0.3 is 25.0 Å². The molecule has 3 amide bonds. The maximum atomic E-state index is 13.6. The smallest absolute Gasteiger partial charge is 0.321 e. The van der Waals surface area contributed by atoms with E-state index in [1.165, 1.54) is 23.1 Å². The topological polar surface area (TPSA) is 128 Å². The highest BCUT2D eigenvalue weighted by Gasteiger charge is 2.34. The minimum atomic E-state index is -3.82. The van der Waals surface area contributed by atoms with Gasteiger partial charge in [0.25, 0.3) is 15.9 Å². The van der Waals surface area contributed by atoms with Crippen molar-refractivity contribution in [1.29, 1.82) is 0 Å². The lowest BCUT2D eigenvalue weighted by molar-refractivity contribution is 0.0371. The first-order valence-electron chi connectivity index (χ1n) is 12.4. The highest BCUT2D eigenvalue weighted by molar-refractivity contribution is 7.94. The van der Waals surface area contributed by atoms with Crippen LogP contribution in [0.3, 0.4) is 0 Å². The van der Waals surface area contributed by atoms with Crippen molar-refractivity contribution in [2.75, 3.05) is 36.8 Å². The molecule has 2 aromatic carbocycles. The Hall–Kier alpha value is -3.61. The summed E-state index contributed by atoms with van der Waals surface area (Å²) < 4.78 is 34.5. The molecule has 1 aromatic heterocycles. The lowest BCUT2D eigenvalue weighted by Gasteiger charge is -2.38. The first-order chi connectivity index (χ1) is 18.6. The fourth-order valence-electron chi connectivity index (χ4n) is 4.22. The van der Waals surface area contributed by atoms with Gasteiger partial charge in [-0.15, -0.1) is 11.3 Å². The molecule has 3 atom stereocenters. The molecule has 39 heavy (non-hydrogen) atoms. The van der Waals surface area contributed by atoms with Gasteiger partial charge in [0.1, 0.15) is 16.1 Å². The van der Waals surface area contributed by atoms with Crippen molar-refractivity contribution < 1.29 is 27.9 Å². The Morgan fingerprint density at radius 1 is 1.18 bits per heavy atom. The van der Waals surface area contributed by atoms with E-state index in [1.807, 2.05) is 25.1 Å². The van der Waals surface area contributed by atoms with Crippen molar-refractivity contribution >= 4 is 44.7 Å². The Morgan fingerprint density at radius 2 is 1.92 bits per heavy atom. The van der Waals surface area contributed by atoms with Crippen molar-refractivity contribution in [3.8, 4) is 5.75 Å². The van der Waals surface area contributed by atoms with E-state index in [0.29, 0.717) is 5.69 Å². The minimum Gasteiger partial charge on any atom is -0.487 e. The number of urea groups is 1. The first kappa shape index (κ1) is 28.4. The molecule has 0 saturated heterocycles. The highest BCUT2D eigenvalue weighted by atomic mass is 32.2. The summed E-state index contributed by atoms with van der Waals surface area (Å²) in [5, 5.41) is 14.4. The Balaban J connectivity index is 1.61. The summed E-state index contributed by atoms with van der Waals surface area (Å²) in [6.07, 6.45) is -0.495. The van der Waals surface area contributed by atoms with E-state index >= 15 is 0 Å². The van der Waals surface area contributed by atoms with Crippen LogP contribution >= 0.6 is 11.3 Å². The summed E-state index contributed by atoms with van der Waals surface area (Å²) in [5.74, 6) is -0.313. The predicted octanol–water partition coefficient (Wildman–Crippen LogP) is 3.93. The van der Waals surface area contributed by atoms with E-state index in [2.05, 4.69) is 10.0 Å². The second-order valence-corrected chi connectivity index (χ2v) is 12.4. The third-order valence-electron chi connectivity index (χ3n) is 6.50.